The number of ether oxygens (including phenoxy) is 1. The molecule has 0 aromatic carbocycles. The highest BCUT2D eigenvalue weighted by Crippen LogP contribution is 2.28. The van der Waals surface area contributed by atoms with Crippen LogP contribution in [0.15, 0.2) is 15.8 Å². The molecule has 0 aliphatic carbocycles. The van der Waals surface area contributed by atoms with Gasteiger partial charge in [-0.15, -0.1) is 0 Å². The second-order valence-corrected chi connectivity index (χ2v) is 4.94. The maximum atomic E-state index is 11.8. The van der Waals surface area contributed by atoms with Gasteiger partial charge in [0.25, 0.3) is 5.56 Å². The summed E-state index contributed by atoms with van der Waals surface area (Å²) in [5.74, 6) is -0.663. The summed E-state index contributed by atoms with van der Waals surface area (Å²) in [4.78, 5) is 25.4. The summed E-state index contributed by atoms with van der Waals surface area (Å²) in [6, 6.07) is -0.610. The topological polar surface area (TPSA) is 125 Å². The number of aryl methyl sites for hydroxylation is 1. The number of nitrogens with one attached hydrogen (secondary N) is 1. The van der Waals surface area contributed by atoms with E-state index in [-0.39, 0.29) is 19.8 Å². The lowest BCUT2D eigenvalue weighted by atomic mass is 9.88. The van der Waals surface area contributed by atoms with Crippen LogP contribution in [0.25, 0.3) is 0 Å². The first-order valence-corrected chi connectivity index (χ1v) is 6.33. The van der Waals surface area contributed by atoms with E-state index in [1.54, 1.807) is 6.92 Å². The first-order valence-electron chi connectivity index (χ1n) is 6.33. The number of rotatable bonds is 3. The number of aromatic amines is 1. The Balaban J connectivity index is 2.39. The van der Waals surface area contributed by atoms with E-state index >= 15 is 0 Å². The monoisotopic (exact) mass is 286 g/mol. The number of aromatic nitrogens is 2. The van der Waals surface area contributed by atoms with Crippen LogP contribution in [-0.2, 0) is 4.74 Å². The molecule has 1 aliphatic heterocycles. The van der Waals surface area contributed by atoms with Crippen molar-refractivity contribution in [3.05, 3.63) is 32.6 Å². The third kappa shape index (κ3) is 2.55. The third-order valence-electron chi connectivity index (χ3n) is 3.69. The molecule has 112 valence electrons. The Bertz CT molecular complexity index is 580. The van der Waals surface area contributed by atoms with E-state index in [9.17, 15) is 19.8 Å². The summed E-state index contributed by atoms with van der Waals surface area (Å²) in [5, 5.41) is 28.6. The normalized spacial score (nSPS) is 30.4. The average Bonchev–Trinajstić information content (AvgIpc) is 2.42. The molecule has 2 rings (SSSR count). The van der Waals surface area contributed by atoms with Gasteiger partial charge in [-0.25, -0.2) is 4.79 Å². The second kappa shape index (κ2) is 5.88. The van der Waals surface area contributed by atoms with Crippen molar-refractivity contribution in [3.8, 4) is 0 Å². The molecule has 0 spiro atoms. The molecule has 8 nitrogen and oxygen atoms in total. The van der Waals surface area contributed by atoms with Crippen LogP contribution in [-0.4, -0.2) is 56.9 Å². The van der Waals surface area contributed by atoms with Gasteiger partial charge in [0.1, 0.15) is 6.10 Å². The summed E-state index contributed by atoms with van der Waals surface area (Å²) in [5.41, 5.74) is -0.750. The van der Waals surface area contributed by atoms with Crippen molar-refractivity contribution < 1.29 is 20.1 Å². The number of H-pyrrole nitrogens is 1. The number of hydrogen-bond donors (Lipinski definition) is 4. The second-order valence-electron chi connectivity index (χ2n) is 4.94. The third-order valence-corrected chi connectivity index (χ3v) is 3.69. The number of aliphatic hydroxyl groups excluding tert-OH is 3. The van der Waals surface area contributed by atoms with Gasteiger partial charge in [-0.05, 0) is 6.92 Å². The van der Waals surface area contributed by atoms with E-state index in [1.165, 1.54) is 10.8 Å². The van der Waals surface area contributed by atoms with E-state index in [2.05, 4.69) is 4.98 Å². The van der Waals surface area contributed by atoms with Crippen LogP contribution in [0.5, 0.6) is 0 Å². The van der Waals surface area contributed by atoms with Crippen LogP contribution in [0.3, 0.4) is 0 Å². The minimum Gasteiger partial charge on any atom is -0.396 e. The van der Waals surface area contributed by atoms with Crippen molar-refractivity contribution in [1.29, 1.82) is 0 Å². The van der Waals surface area contributed by atoms with Gasteiger partial charge in [0, 0.05) is 17.7 Å². The molecule has 4 atom stereocenters. The van der Waals surface area contributed by atoms with Gasteiger partial charge in [0.2, 0.25) is 0 Å². The molecule has 1 saturated heterocycles. The Labute approximate surface area is 114 Å². The molecule has 1 fully saturated rings. The molecule has 0 saturated carbocycles. The predicted molar refractivity (Wildman–Crippen MR) is 68.5 cm³/mol. The van der Waals surface area contributed by atoms with Crippen molar-refractivity contribution in [3.63, 3.8) is 0 Å². The minimum absolute atomic E-state index is 0.0545. The van der Waals surface area contributed by atoms with Crippen molar-refractivity contribution in [2.24, 2.45) is 5.92 Å². The molecular formula is C12H18N2O6. The van der Waals surface area contributed by atoms with Gasteiger partial charge in [-0.2, -0.15) is 0 Å². The SMILES string of the molecule is Cc1cn([C@@H]2CO[C@H](CO)[C@@H](O)[C@@H]2CO)c(=O)[nH]c1=O. The molecule has 1 aliphatic rings. The molecular weight excluding hydrogens is 268 g/mol. The fraction of sp³-hybridized carbons (Fsp3) is 0.667. The quantitative estimate of drug-likeness (QED) is 0.497. The zero-order valence-electron chi connectivity index (χ0n) is 11.0. The highest BCUT2D eigenvalue weighted by molar-refractivity contribution is 5.03. The lowest BCUT2D eigenvalue weighted by molar-refractivity contribution is -0.152. The Morgan fingerprint density at radius 2 is 2.10 bits per heavy atom. The van der Waals surface area contributed by atoms with Gasteiger partial charge in [0.15, 0.2) is 0 Å². The minimum atomic E-state index is -1.09. The molecule has 0 unspecified atom stereocenters. The van der Waals surface area contributed by atoms with E-state index < -0.39 is 35.4 Å². The number of nitrogens with zero attached hydrogens (tertiary/aromatic N) is 1. The smallest absolute Gasteiger partial charge is 0.328 e. The van der Waals surface area contributed by atoms with E-state index in [0.29, 0.717) is 5.56 Å². The zero-order valence-corrected chi connectivity index (χ0v) is 11.0. The van der Waals surface area contributed by atoms with Crippen molar-refractivity contribution in [2.75, 3.05) is 19.8 Å². The first kappa shape index (κ1) is 14.9. The summed E-state index contributed by atoms with van der Waals surface area (Å²) < 4.78 is 6.55. The molecule has 8 heteroatoms. The summed E-state index contributed by atoms with van der Waals surface area (Å²) in [6.45, 7) is 0.874. The fourth-order valence-corrected chi connectivity index (χ4v) is 2.46. The molecule has 0 radical (unpaired) electrons. The number of hydrogen-bond acceptors (Lipinski definition) is 6. The highest BCUT2D eigenvalue weighted by Gasteiger charge is 2.40. The van der Waals surface area contributed by atoms with Gasteiger partial charge in [-0.3, -0.25) is 14.3 Å². The average molecular weight is 286 g/mol. The number of aliphatic hydroxyl groups is 3. The Morgan fingerprint density at radius 1 is 1.40 bits per heavy atom. The van der Waals surface area contributed by atoms with Crippen LogP contribution in [0, 0.1) is 12.8 Å². The maximum Gasteiger partial charge on any atom is 0.328 e. The Kier molecular flexibility index (Phi) is 4.39. The lowest BCUT2D eigenvalue weighted by Gasteiger charge is -2.39. The molecule has 0 amide bonds. The van der Waals surface area contributed by atoms with Crippen molar-refractivity contribution >= 4 is 0 Å². The Hall–Kier alpha value is -1.48. The van der Waals surface area contributed by atoms with Crippen molar-refractivity contribution in [1.82, 2.24) is 9.55 Å². The Morgan fingerprint density at radius 3 is 2.70 bits per heavy atom. The van der Waals surface area contributed by atoms with E-state index in [0.717, 1.165) is 0 Å². The molecule has 0 bridgehead atoms. The lowest BCUT2D eigenvalue weighted by Crippen LogP contribution is -2.52. The first-order chi connectivity index (χ1) is 9.49. The summed E-state index contributed by atoms with van der Waals surface area (Å²) in [6.07, 6.45) is -0.505. The largest absolute Gasteiger partial charge is 0.396 e. The van der Waals surface area contributed by atoms with Gasteiger partial charge in [-0.1, -0.05) is 0 Å². The van der Waals surface area contributed by atoms with Crippen LogP contribution in [0.1, 0.15) is 11.6 Å². The molecule has 1 aromatic rings. The van der Waals surface area contributed by atoms with Gasteiger partial charge >= 0.3 is 5.69 Å². The van der Waals surface area contributed by atoms with Crippen LogP contribution >= 0.6 is 0 Å². The zero-order chi connectivity index (χ0) is 14.9. The van der Waals surface area contributed by atoms with Gasteiger partial charge < -0.3 is 20.1 Å². The van der Waals surface area contributed by atoms with Crippen LogP contribution in [0.4, 0.5) is 0 Å². The van der Waals surface area contributed by atoms with Crippen molar-refractivity contribution in [2.45, 2.75) is 25.2 Å². The van der Waals surface area contributed by atoms with Crippen LogP contribution in [0.2, 0.25) is 0 Å². The van der Waals surface area contributed by atoms with E-state index in [4.69, 9.17) is 9.84 Å². The molecule has 2 heterocycles. The highest BCUT2D eigenvalue weighted by atomic mass is 16.5. The predicted octanol–water partition coefficient (Wildman–Crippen LogP) is -2.25. The standard InChI is InChI=1S/C12H18N2O6/c1-6-2-14(12(19)13-11(6)18)8-5-20-9(4-16)10(17)7(8)3-15/h2,7-10,15-17H,3-5H2,1H3,(H,13,18,19)/t7-,8-,9-,10+/m1/s1. The fourth-order valence-electron chi connectivity index (χ4n) is 2.46. The summed E-state index contributed by atoms with van der Waals surface area (Å²) in [7, 11) is 0. The summed E-state index contributed by atoms with van der Waals surface area (Å²) >= 11 is 0. The van der Waals surface area contributed by atoms with E-state index in [1.807, 2.05) is 0 Å². The van der Waals surface area contributed by atoms with Crippen LogP contribution < -0.4 is 11.2 Å². The maximum absolute atomic E-state index is 11.8. The van der Waals surface area contributed by atoms with Gasteiger partial charge in [0.05, 0.1) is 32.0 Å². The molecule has 1 aromatic heterocycles. The molecule has 4 N–H and O–H groups in total. The molecule has 20 heavy (non-hydrogen) atoms.